The van der Waals surface area contributed by atoms with Crippen LogP contribution < -0.4 is 15.4 Å². The van der Waals surface area contributed by atoms with Crippen molar-refractivity contribution in [1.29, 1.82) is 0 Å². The van der Waals surface area contributed by atoms with Gasteiger partial charge in [-0.25, -0.2) is 0 Å². The molecule has 2 rings (SSSR count). The first-order chi connectivity index (χ1) is 12.3. The van der Waals surface area contributed by atoms with Gasteiger partial charge in [0.05, 0.1) is 19.8 Å². The summed E-state index contributed by atoms with van der Waals surface area (Å²) in [5.74, 6) is 1.66. The van der Waals surface area contributed by atoms with Crippen molar-refractivity contribution in [3.63, 3.8) is 0 Å². The molecule has 6 nitrogen and oxygen atoms in total. The van der Waals surface area contributed by atoms with E-state index in [-0.39, 0.29) is 24.0 Å². The summed E-state index contributed by atoms with van der Waals surface area (Å²) in [5.41, 5.74) is 0. The molecule has 1 heterocycles. The Balaban J connectivity index is 0.00000338. The van der Waals surface area contributed by atoms with E-state index in [9.17, 15) is 0 Å². The molecule has 2 N–H and O–H groups in total. The van der Waals surface area contributed by atoms with E-state index in [4.69, 9.17) is 21.1 Å². The van der Waals surface area contributed by atoms with Crippen molar-refractivity contribution in [2.24, 2.45) is 4.99 Å². The van der Waals surface area contributed by atoms with Gasteiger partial charge in [-0.1, -0.05) is 11.6 Å². The Kier molecular flexibility index (Phi) is 12.8. The molecule has 0 bridgehead atoms. The maximum Gasteiger partial charge on any atom is 0.191 e. The second-order valence-electron chi connectivity index (χ2n) is 5.80. The summed E-state index contributed by atoms with van der Waals surface area (Å²) in [7, 11) is 0. The minimum Gasteiger partial charge on any atom is -0.492 e. The molecule has 1 fully saturated rings. The van der Waals surface area contributed by atoms with Crippen LogP contribution in [-0.2, 0) is 4.74 Å². The number of ether oxygens (including phenoxy) is 2. The van der Waals surface area contributed by atoms with Crippen LogP contribution in [0, 0.1) is 0 Å². The predicted molar refractivity (Wildman–Crippen MR) is 118 cm³/mol. The van der Waals surface area contributed by atoms with Gasteiger partial charge in [-0.05, 0) is 37.6 Å². The lowest BCUT2D eigenvalue weighted by molar-refractivity contribution is 0.0377. The van der Waals surface area contributed by atoms with Gasteiger partial charge in [0.2, 0.25) is 0 Å². The Bertz CT molecular complexity index is 510. The van der Waals surface area contributed by atoms with Crippen LogP contribution in [-0.4, -0.2) is 69.9 Å². The van der Waals surface area contributed by atoms with Crippen molar-refractivity contribution in [2.75, 3.05) is 59.1 Å². The van der Waals surface area contributed by atoms with Crippen molar-refractivity contribution in [2.45, 2.75) is 13.3 Å². The van der Waals surface area contributed by atoms with Gasteiger partial charge in [-0.15, -0.1) is 24.0 Å². The molecule has 0 radical (unpaired) electrons. The van der Waals surface area contributed by atoms with Gasteiger partial charge >= 0.3 is 0 Å². The lowest BCUT2D eigenvalue weighted by atomic mass is 10.3. The maximum absolute atomic E-state index is 5.86. The Morgan fingerprint density at radius 3 is 2.65 bits per heavy atom. The average Bonchev–Trinajstić information content (AvgIpc) is 2.64. The fourth-order valence-corrected chi connectivity index (χ4v) is 2.65. The normalized spacial score (nSPS) is 15.2. The van der Waals surface area contributed by atoms with Crippen molar-refractivity contribution in [1.82, 2.24) is 15.5 Å². The molecule has 0 atom stereocenters. The van der Waals surface area contributed by atoms with E-state index in [1.807, 2.05) is 24.3 Å². The van der Waals surface area contributed by atoms with E-state index in [2.05, 4.69) is 27.4 Å². The summed E-state index contributed by atoms with van der Waals surface area (Å²) in [4.78, 5) is 7.05. The topological polar surface area (TPSA) is 58.1 Å². The molecule has 0 aromatic heterocycles. The molecular weight excluding hydrogens is 467 g/mol. The second-order valence-corrected chi connectivity index (χ2v) is 6.23. The van der Waals surface area contributed by atoms with Gasteiger partial charge in [0.1, 0.15) is 12.4 Å². The molecule has 1 aromatic rings. The van der Waals surface area contributed by atoms with Crippen LogP contribution in [0.1, 0.15) is 13.3 Å². The zero-order valence-corrected chi connectivity index (χ0v) is 18.5. The smallest absolute Gasteiger partial charge is 0.191 e. The van der Waals surface area contributed by atoms with Gasteiger partial charge in [-0.2, -0.15) is 0 Å². The number of hydrogen-bond acceptors (Lipinski definition) is 4. The van der Waals surface area contributed by atoms with Crippen molar-refractivity contribution >= 4 is 41.5 Å². The van der Waals surface area contributed by atoms with Gasteiger partial charge in [-0.3, -0.25) is 9.89 Å². The van der Waals surface area contributed by atoms with Gasteiger partial charge in [0, 0.05) is 37.7 Å². The Morgan fingerprint density at radius 1 is 1.23 bits per heavy atom. The highest BCUT2D eigenvalue weighted by atomic mass is 127. The van der Waals surface area contributed by atoms with Gasteiger partial charge in [0.25, 0.3) is 0 Å². The average molecular weight is 497 g/mol. The van der Waals surface area contributed by atoms with E-state index in [0.29, 0.717) is 18.2 Å². The first-order valence-corrected chi connectivity index (χ1v) is 9.36. The number of nitrogens with zero attached hydrogens (tertiary/aromatic N) is 2. The van der Waals surface area contributed by atoms with Crippen molar-refractivity contribution in [3.8, 4) is 5.75 Å². The lowest BCUT2D eigenvalue weighted by Gasteiger charge is -2.26. The molecule has 26 heavy (non-hydrogen) atoms. The minimum absolute atomic E-state index is 0. The maximum atomic E-state index is 5.86. The monoisotopic (exact) mass is 496 g/mol. The number of benzene rings is 1. The fourth-order valence-electron chi connectivity index (χ4n) is 2.52. The van der Waals surface area contributed by atoms with Crippen LogP contribution >= 0.6 is 35.6 Å². The molecule has 0 unspecified atom stereocenters. The molecular formula is C18H30ClIN4O2. The molecule has 0 saturated carbocycles. The molecule has 148 valence electrons. The zero-order chi connectivity index (χ0) is 17.7. The SMILES string of the molecule is CCNC(=NCCCN1CCOCC1)NCCOc1ccc(Cl)cc1.I. The molecule has 0 aliphatic carbocycles. The summed E-state index contributed by atoms with van der Waals surface area (Å²) in [6, 6.07) is 7.38. The third kappa shape index (κ3) is 9.80. The first kappa shape index (κ1) is 23.3. The number of rotatable bonds is 9. The van der Waals surface area contributed by atoms with Crippen LogP contribution in [0.3, 0.4) is 0 Å². The quantitative estimate of drug-likeness (QED) is 0.238. The van der Waals surface area contributed by atoms with Gasteiger partial charge in [0.15, 0.2) is 5.96 Å². The van der Waals surface area contributed by atoms with Crippen molar-refractivity contribution < 1.29 is 9.47 Å². The fraction of sp³-hybridized carbons (Fsp3) is 0.611. The highest BCUT2D eigenvalue weighted by Gasteiger charge is 2.08. The van der Waals surface area contributed by atoms with Crippen LogP contribution in [0.2, 0.25) is 5.02 Å². The number of halogens is 2. The summed E-state index contributed by atoms with van der Waals surface area (Å²) >= 11 is 5.86. The molecule has 0 spiro atoms. The number of hydrogen-bond donors (Lipinski definition) is 2. The van der Waals surface area contributed by atoms with E-state index >= 15 is 0 Å². The summed E-state index contributed by atoms with van der Waals surface area (Å²) in [6.07, 6.45) is 1.05. The van der Waals surface area contributed by atoms with E-state index < -0.39 is 0 Å². The first-order valence-electron chi connectivity index (χ1n) is 8.98. The van der Waals surface area contributed by atoms with Crippen LogP contribution in [0.5, 0.6) is 5.75 Å². The molecule has 8 heteroatoms. The molecule has 1 aromatic carbocycles. The van der Waals surface area contributed by atoms with E-state index in [0.717, 1.165) is 64.1 Å². The van der Waals surface area contributed by atoms with Crippen LogP contribution in [0.25, 0.3) is 0 Å². The second kappa shape index (κ2) is 14.3. The third-order valence-electron chi connectivity index (χ3n) is 3.83. The zero-order valence-electron chi connectivity index (χ0n) is 15.4. The van der Waals surface area contributed by atoms with Crippen LogP contribution in [0.4, 0.5) is 0 Å². The molecule has 1 saturated heterocycles. The molecule has 0 amide bonds. The third-order valence-corrected chi connectivity index (χ3v) is 4.08. The van der Waals surface area contributed by atoms with E-state index in [1.165, 1.54) is 0 Å². The largest absolute Gasteiger partial charge is 0.492 e. The summed E-state index contributed by atoms with van der Waals surface area (Å²) in [5, 5.41) is 7.27. The number of aliphatic imine (C=N–C) groups is 1. The number of guanidine groups is 1. The number of morpholine rings is 1. The van der Waals surface area contributed by atoms with Crippen molar-refractivity contribution in [3.05, 3.63) is 29.3 Å². The van der Waals surface area contributed by atoms with Gasteiger partial charge < -0.3 is 20.1 Å². The Hall–Kier alpha value is -0.770. The Labute approximate surface area is 178 Å². The standard InChI is InChI=1S/C18H29ClN4O2.HI/c1-2-20-18(21-8-3-10-23-11-14-24-15-12-23)22-9-13-25-17-6-4-16(19)5-7-17;/h4-7H,2-3,8-15H2,1H3,(H2,20,21,22);1H. The minimum atomic E-state index is 0. The summed E-state index contributed by atoms with van der Waals surface area (Å²) in [6.45, 7) is 9.81. The Morgan fingerprint density at radius 2 is 1.96 bits per heavy atom. The molecule has 1 aliphatic rings. The number of nitrogens with one attached hydrogen (secondary N) is 2. The molecule has 1 aliphatic heterocycles. The highest BCUT2D eigenvalue weighted by molar-refractivity contribution is 14.0. The summed E-state index contributed by atoms with van der Waals surface area (Å²) < 4.78 is 11.0. The van der Waals surface area contributed by atoms with Crippen LogP contribution in [0.15, 0.2) is 29.3 Å². The highest BCUT2D eigenvalue weighted by Crippen LogP contribution is 2.15. The lowest BCUT2D eigenvalue weighted by Crippen LogP contribution is -2.39. The predicted octanol–water partition coefficient (Wildman–Crippen LogP) is 2.61. The van der Waals surface area contributed by atoms with E-state index in [1.54, 1.807) is 0 Å².